The third kappa shape index (κ3) is 5.48. The van der Waals surface area contributed by atoms with Gasteiger partial charge in [0.05, 0.1) is 0 Å². The summed E-state index contributed by atoms with van der Waals surface area (Å²) in [6.45, 7) is 4.92. The molecule has 0 atom stereocenters. The van der Waals surface area contributed by atoms with Crippen LogP contribution in [0.2, 0.25) is 0 Å². The monoisotopic (exact) mass is 303 g/mol. The molecule has 1 fully saturated rings. The molecule has 1 aromatic carbocycles. The summed E-state index contributed by atoms with van der Waals surface area (Å²) in [5.41, 5.74) is 1.77. The van der Waals surface area contributed by atoms with Gasteiger partial charge in [0.25, 0.3) is 5.91 Å². The standard InChI is InChI=1S/C17H25N3O2/c1-13-2-4-15(5-3-13)17(22)20-11-10-19-16(21)12-14-6-8-18-9-7-14/h2-5,14,18H,6-12H2,1H3,(H,19,21)(H,20,22). The van der Waals surface area contributed by atoms with Gasteiger partial charge >= 0.3 is 0 Å². The number of hydrogen-bond donors (Lipinski definition) is 3. The lowest BCUT2D eigenvalue weighted by atomic mass is 9.94. The zero-order valence-electron chi connectivity index (χ0n) is 13.2. The molecule has 3 N–H and O–H groups in total. The Labute approximate surface area is 131 Å². The molecule has 1 aliphatic rings. The fourth-order valence-corrected chi connectivity index (χ4v) is 2.61. The van der Waals surface area contributed by atoms with E-state index in [1.165, 1.54) is 0 Å². The van der Waals surface area contributed by atoms with Crippen LogP contribution in [0.25, 0.3) is 0 Å². The van der Waals surface area contributed by atoms with Crippen molar-refractivity contribution in [3.05, 3.63) is 35.4 Å². The van der Waals surface area contributed by atoms with Gasteiger partial charge < -0.3 is 16.0 Å². The summed E-state index contributed by atoms with van der Waals surface area (Å²) in [6.07, 6.45) is 2.72. The molecule has 1 aromatic rings. The Kier molecular flexibility index (Phi) is 6.40. The lowest BCUT2D eigenvalue weighted by Crippen LogP contribution is -2.36. The maximum atomic E-state index is 11.9. The van der Waals surface area contributed by atoms with Gasteiger partial charge in [-0.05, 0) is 50.9 Å². The second kappa shape index (κ2) is 8.54. The van der Waals surface area contributed by atoms with Gasteiger partial charge in [0.2, 0.25) is 5.91 Å². The predicted molar refractivity (Wildman–Crippen MR) is 86.7 cm³/mol. The number of benzene rings is 1. The Balaban J connectivity index is 1.61. The minimum absolute atomic E-state index is 0.0801. The van der Waals surface area contributed by atoms with E-state index in [9.17, 15) is 9.59 Å². The van der Waals surface area contributed by atoms with E-state index in [-0.39, 0.29) is 11.8 Å². The highest BCUT2D eigenvalue weighted by Gasteiger charge is 2.16. The molecule has 1 saturated heterocycles. The van der Waals surface area contributed by atoms with E-state index < -0.39 is 0 Å². The van der Waals surface area contributed by atoms with Crippen LogP contribution in [0.15, 0.2) is 24.3 Å². The Bertz CT molecular complexity index is 493. The van der Waals surface area contributed by atoms with Gasteiger partial charge in [-0.15, -0.1) is 0 Å². The predicted octanol–water partition coefficient (Wildman–Crippen LogP) is 1.23. The largest absolute Gasteiger partial charge is 0.354 e. The highest BCUT2D eigenvalue weighted by atomic mass is 16.2. The van der Waals surface area contributed by atoms with Crippen LogP contribution in [0, 0.1) is 12.8 Å². The van der Waals surface area contributed by atoms with E-state index in [2.05, 4.69) is 16.0 Å². The summed E-state index contributed by atoms with van der Waals surface area (Å²) < 4.78 is 0. The third-order valence-corrected chi connectivity index (χ3v) is 3.98. The number of piperidine rings is 1. The number of carbonyl (C=O) groups is 2. The molecule has 1 aliphatic heterocycles. The molecule has 0 aromatic heterocycles. The molecular formula is C17H25N3O2. The fraction of sp³-hybridized carbons (Fsp3) is 0.529. The summed E-state index contributed by atoms with van der Waals surface area (Å²) in [5.74, 6) is 0.465. The zero-order valence-corrected chi connectivity index (χ0v) is 13.2. The van der Waals surface area contributed by atoms with Crippen molar-refractivity contribution in [2.24, 2.45) is 5.92 Å². The van der Waals surface area contributed by atoms with Crippen LogP contribution in [-0.2, 0) is 4.79 Å². The smallest absolute Gasteiger partial charge is 0.251 e. The molecule has 0 unspecified atom stereocenters. The number of amides is 2. The molecule has 5 nitrogen and oxygen atoms in total. The van der Waals surface area contributed by atoms with Gasteiger partial charge in [0, 0.05) is 25.1 Å². The molecule has 0 bridgehead atoms. The van der Waals surface area contributed by atoms with Gasteiger partial charge in [0.1, 0.15) is 0 Å². The molecule has 22 heavy (non-hydrogen) atoms. The number of carbonyl (C=O) groups excluding carboxylic acids is 2. The van der Waals surface area contributed by atoms with E-state index in [4.69, 9.17) is 0 Å². The molecule has 0 spiro atoms. The average molecular weight is 303 g/mol. The normalized spacial score (nSPS) is 15.3. The number of hydrogen-bond acceptors (Lipinski definition) is 3. The van der Waals surface area contributed by atoms with Gasteiger partial charge in [-0.1, -0.05) is 17.7 Å². The molecule has 2 amide bonds. The average Bonchev–Trinajstić information content (AvgIpc) is 2.53. The van der Waals surface area contributed by atoms with Crippen LogP contribution < -0.4 is 16.0 Å². The van der Waals surface area contributed by atoms with Gasteiger partial charge in [-0.25, -0.2) is 0 Å². The van der Waals surface area contributed by atoms with E-state index in [1.807, 2.05) is 19.1 Å². The Morgan fingerprint density at radius 3 is 2.41 bits per heavy atom. The molecule has 0 saturated carbocycles. The van der Waals surface area contributed by atoms with Crippen molar-refractivity contribution in [3.63, 3.8) is 0 Å². The van der Waals surface area contributed by atoms with Crippen LogP contribution in [0.5, 0.6) is 0 Å². The molecule has 0 radical (unpaired) electrons. The number of aryl methyl sites for hydroxylation is 1. The van der Waals surface area contributed by atoms with Crippen molar-refractivity contribution in [2.45, 2.75) is 26.2 Å². The molecule has 5 heteroatoms. The Hall–Kier alpha value is -1.88. The first-order valence-electron chi connectivity index (χ1n) is 7.97. The maximum Gasteiger partial charge on any atom is 0.251 e. The second-order valence-corrected chi connectivity index (χ2v) is 5.87. The van der Waals surface area contributed by atoms with Crippen LogP contribution in [0.4, 0.5) is 0 Å². The zero-order chi connectivity index (χ0) is 15.8. The Morgan fingerprint density at radius 2 is 1.73 bits per heavy atom. The topological polar surface area (TPSA) is 70.2 Å². The van der Waals surface area contributed by atoms with Crippen molar-refractivity contribution >= 4 is 11.8 Å². The first kappa shape index (κ1) is 16.5. The molecule has 1 heterocycles. The Morgan fingerprint density at radius 1 is 1.09 bits per heavy atom. The fourth-order valence-electron chi connectivity index (χ4n) is 2.61. The summed E-state index contributed by atoms with van der Waals surface area (Å²) >= 11 is 0. The van der Waals surface area contributed by atoms with E-state index in [1.54, 1.807) is 12.1 Å². The van der Waals surface area contributed by atoms with E-state index in [0.717, 1.165) is 31.5 Å². The highest BCUT2D eigenvalue weighted by Crippen LogP contribution is 2.15. The van der Waals surface area contributed by atoms with Gasteiger partial charge in [-0.3, -0.25) is 9.59 Å². The molecular weight excluding hydrogens is 278 g/mol. The maximum absolute atomic E-state index is 11.9. The van der Waals surface area contributed by atoms with Crippen molar-refractivity contribution < 1.29 is 9.59 Å². The van der Waals surface area contributed by atoms with Crippen molar-refractivity contribution in [1.82, 2.24) is 16.0 Å². The van der Waals surface area contributed by atoms with Crippen molar-refractivity contribution in [1.29, 1.82) is 0 Å². The van der Waals surface area contributed by atoms with Crippen LogP contribution >= 0.6 is 0 Å². The van der Waals surface area contributed by atoms with Crippen LogP contribution in [-0.4, -0.2) is 38.0 Å². The van der Waals surface area contributed by atoms with Gasteiger partial charge in [-0.2, -0.15) is 0 Å². The van der Waals surface area contributed by atoms with E-state index >= 15 is 0 Å². The quantitative estimate of drug-likeness (QED) is 0.692. The summed E-state index contributed by atoms with van der Waals surface area (Å²) in [6, 6.07) is 7.44. The SMILES string of the molecule is Cc1ccc(C(=O)NCCNC(=O)CC2CCNCC2)cc1. The minimum atomic E-state index is -0.104. The van der Waals surface area contributed by atoms with Crippen molar-refractivity contribution in [2.75, 3.05) is 26.2 Å². The molecule has 2 rings (SSSR count). The number of nitrogens with one attached hydrogen (secondary N) is 3. The van der Waals surface area contributed by atoms with Crippen molar-refractivity contribution in [3.8, 4) is 0 Å². The molecule has 0 aliphatic carbocycles. The van der Waals surface area contributed by atoms with Crippen LogP contribution in [0.1, 0.15) is 35.2 Å². The summed E-state index contributed by atoms with van der Waals surface area (Å²) in [4.78, 5) is 23.7. The number of rotatable bonds is 6. The van der Waals surface area contributed by atoms with Crippen LogP contribution in [0.3, 0.4) is 0 Å². The van der Waals surface area contributed by atoms with Gasteiger partial charge in [0.15, 0.2) is 0 Å². The lowest BCUT2D eigenvalue weighted by molar-refractivity contribution is -0.122. The highest BCUT2D eigenvalue weighted by molar-refractivity contribution is 5.94. The first-order valence-corrected chi connectivity index (χ1v) is 7.97. The summed E-state index contributed by atoms with van der Waals surface area (Å²) in [7, 11) is 0. The minimum Gasteiger partial charge on any atom is -0.354 e. The second-order valence-electron chi connectivity index (χ2n) is 5.87. The molecule has 120 valence electrons. The first-order chi connectivity index (χ1) is 10.6. The summed E-state index contributed by atoms with van der Waals surface area (Å²) in [5, 5.41) is 8.98. The van der Waals surface area contributed by atoms with E-state index in [0.29, 0.717) is 31.0 Å². The lowest BCUT2D eigenvalue weighted by Gasteiger charge is -2.21. The third-order valence-electron chi connectivity index (χ3n) is 3.98.